The van der Waals surface area contributed by atoms with Crippen LogP contribution >= 0.6 is 23.1 Å². The highest BCUT2D eigenvalue weighted by Crippen LogP contribution is 2.31. The van der Waals surface area contributed by atoms with E-state index in [4.69, 9.17) is 9.84 Å². The van der Waals surface area contributed by atoms with Gasteiger partial charge in [-0.1, -0.05) is 30.6 Å². The summed E-state index contributed by atoms with van der Waals surface area (Å²) in [4.78, 5) is 47.3. The molecule has 1 saturated carbocycles. The molecule has 0 aromatic carbocycles. The summed E-state index contributed by atoms with van der Waals surface area (Å²) in [6.45, 7) is 3.76. The lowest BCUT2D eigenvalue weighted by atomic mass is 9.91. The van der Waals surface area contributed by atoms with E-state index < -0.39 is 5.97 Å². The molecule has 1 aromatic heterocycles. The smallest absolute Gasteiger partial charge is 0.324 e. The first-order valence-electron chi connectivity index (χ1n) is 12.5. The average Bonchev–Trinajstić information content (AvgIpc) is 3.32. The molecule has 12 heteroatoms. The van der Waals surface area contributed by atoms with Crippen molar-refractivity contribution < 1.29 is 24.2 Å². The van der Waals surface area contributed by atoms with Gasteiger partial charge >= 0.3 is 18.0 Å². The van der Waals surface area contributed by atoms with Gasteiger partial charge in [-0.2, -0.15) is 0 Å². The molecule has 0 unspecified atom stereocenters. The number of likely N-dealkylation sites (tertiary alicyclic amines) is 1. The maximum absolute atomic E-state index is 13.5. The van der Waals surface area contributed by atoms with Gasteiger partial charge in [-0.3, -0.25) is 10.1 Å². The third-order valence-electron chi connectivity index (χ3n) is 6.87. The maximum atomic E-state index is 13.5. The monoisotopic (exact) mass is 525 g/mol. The summed E-state index contributed by atoms with van der Waals surface area (Å²) in [5, 5.41) is 12.4. The summed E-state index contributed by atoms with van der Waals surface area (Å²) >= 11 is 2.81. The summed E-state index contributed by atoms with van der Waals surface area (Å²) in [5.41, 5.74) is 0. The number of hydrogen-bond donors (Lipinski definition) is 2. The molecule has 0 atom stereocenters. The molecular formula is C23H35N5O5S2. The van der Waals surface area contributed by atoms with E-state index in [0.29, 0.717) is 50.3 Å². The molecule has 3 heterocycles. The number of nitrogens with one attached hydrogen (secondary N) is 1. The molecule has 0 bridgehead atoms. The van der Waals surface area contributed by atoms with Crippen molar-refractivity contribution in [2.45, 2.75) is 67.7 Å². The molecule has 10 nitrogen and oxygen atoms in total. The van der Waals surface area contributed by atoms with E-state index in [1.54, 1.807) is 6.20 Å². The lowest BCUT2D eigenvalue weighted by Crippen LogP contribution is -2.56. The highest BCUT2D eigenvalue weighted by Gasteiger charge is 2.36. The number of amides is 4. The molecule has 2 saturated heterocycles. The summed E-state index contributed by atoms with van der Waals surface area (Å²) in [7, 11) is 0. The molecule has 2 aliphatic heterocycles. The van der Waals surface area contributed by atoms with Crippen molar-refractivity contribution in [3.05, 3.63) is 6.20 Å². The molecule has 0 radical (unpaired) electrons. The molecule has 4 rings (SSSR count). The van der Waals surface area contributed by atoms with Crippen LogP contribution < -0.4 is 5.32 Å². The Balaban J connectivity index is 1.36. The number of urea groups is 2. The SMILES string of the molecule is O=C(O)CCSc1cnc(NC(=O)N(C2CCCCC2)C2CCN(C(=O)N3CCOCC3)CC2)s1. The standard InChI is InChI=1S/C23H35N5O5S2/c29-19(30)8-15-34-20-16-24-21(35-20)25-22(31)28(17-4-2-1-3-5-17)18-6-9-26(10-7-18)23(32)27-11-13-33-14-12-27/h16-18H,1-15H2,(H,29,30)(H,24,25,31). The van der Waals surface area contributed by atoms with Crippen LogP contribution in [0.5, 0.6) is 0 Å². The number of aliphatic carboxylic acids is 1. The van der Waals surface area contributed by atoms with E-state index in [1.807, 2.05) is 14.7 Å². The van der Waals surface area contributed by atoms with Crippen molar-refractivity contribution in [3.63, 3.8) is 0 Å². The zero-order valence-corrected chi connectivity index (χ0v) is 21.7. The van der Waals surface area contributed by atoms with Crippen molar-refractivity contribution in [2.24, 2.45) is 0 Å². The number of ether oxygens (including phenoxy) is 1. The molecule has 1 aromatic rings. The normalized spacial score (nSPS) is 20.0. The molecule has 194 valence electrons. The third-order valence-corrected chi connectivity index (χ3v) is 8.98. The van der Waals surface area contributed by atoms with Gasteiger partial charge in [0.05, 0.1) is 30.0 Å². The van der Waals surface area contributed by atoms with Gasteiger partial charge in [-0.05, 0) is 25.7 Å². The molecule has 3 fully saturated rings. The minimum absolute atomic E-state index is 0.0798. The lowest BCUT2D eigenvalue weighted by Gasteiger charge is -2.44. The van der Waals surface area contributed by atoms with Crippen molar-refractivity contribution in [3.8, 4) is 0 Å². The Morgan fingerprint density at radius 3 is 2.40 bits per heavy atom. The zero-order valence-electron chi connectivity index (χ0n) is 20.0. The van der Waals surface area contributed by atoms with Crippen LogP contribution in [-0.2, 0) is 9.53 Å². The van der Waals surface area contributed by atoms with Gasteiger partial charge in [0.15, 0.2) is 5.13 Å². The minimum Gasteiger partial charge on any atom is -0.481 e. The Bertz CT molecular complexity index is 864. The van der Waals surface area contributed by atoms with E-state index in [-0.39, 0.29) is 30.6 Å². The van der Waals surface area contributed by atoms with Crippen LogP contribution in [0.25, 0.3) is 0 Å². The predicted octanol–water partition coefficient (Wildman–Crippen LogP) is 3.79. The van der Waals surface area contributed by atoms with Gasteiger partial charge in [-0.25, -0.2) is 14.6 Å². The minimum atomic E-state index is -0.823. The van der Waals surface area contributed by atoms with Crippen LogP contribution in [-0.4, -0.2) is 100 Å². The molecule has 4 amide bonds. The fourth-order valence-corrected chi connectivity index (χ4v) is 6.93. The predicted molar refractivity (Wildman–Crippen MR) is 135 cm³/mol. The van der Waals surface area contributed by atoms with Crippen molar-refractivity contribution in [2.75, 3.05) is 50.5 Å². The molecular weight excluding hydrogens is 490 g/mol. The Kier molecular flexibility index (Phi) is 9.50. The first-order chi connectivity index (χ1) is 17.0. The number of carbonyl (C=O) groups excluding carboxylic acids is 2. The Hall–Kier alpha value is -2.05. The van der Waals surface area contributed by atoms with Crippen LogP contribution in [0, 0.1) is 0 Å². The van der Waals surface area contributed by atoms with Crippen LogP contribution in [0.2, 0.25) is 0 Å². The molecule has 0 spiro atoms. The van der Waals surface area contributed by atoms with Crippen molar-refractivity contribution in [1.29, 1.82) is 0 Å². The van der Waals surface area contributed by atoms with Crippen LogP contribution in [0.3, 0.4) is 0 Å². The van der Waals surface area contributed by atoms with Crippen LogP contribution in [0.15, 0.2) is 10.4 Å². The van der Waals surface area contributed by atoms with E-state index in [0.717, 1.165) is 42.7 Å². The first-order valence-corrected chi connectivity index (χ1v) is 14.3. The number of hydrogen-bond acceptors (Lipinski definition) is 7. The number of carbonyl (C=O) groups is 3. The number of thiazole rings is 1. The summed E-state index contributed by atoms with van der Waals surface area (Å²) in [6.07, 6.45) is 8.81. The quantitative estimate of drug-likeness (QED) is 0.521. The maximum Gasteiger partial charge on any atom is 0.324 e. The van der Waals surface area contributed by atoms with E-state index in [1.165, 1.54) is 29.5 Å². The van der Waals surface area contributed by atoms with E-state index in [2.05, 4.69) is 10.3 Å². The fourth-order valence-electron chi connectivity index (χ4n) is 5.06. The van der Waals surface area contributed by atoms with Gasteiger partial charge in [-0.15, -0.1) is 11.8 Å². The van der Waals surface area contributed by atoms with Crippen LogP contribution in [0.1, 0.15) is 51.4 Å². The number of morpholine rings is 1. The Labute approximate surface area is 214 Å². The van der Waals surface area contributed by atoms with Gasteiger partial charge < -0.3 is 24.5 Å². The third kappa shape index (κ3) is 7.23. The summed E-state index contributed by atoms with van der Waals surface area (Å²) in [6, 6.07) is 0.262. The lowest BCUT2D eigenvalue weighted by molar-refractivity contribution is -0.136. The highest BCUT2D eigenvalue weighted by molar-refractivity contribution is 8.01. The summed E-state index contributed by atoms with van der Waals surface area (Å²) in [5.74, 6) is -0.350. The number of thioether (sulfide) groups is 1. The summed E-state index contributed by atoms with van der Waals surface area (Å²) < 4.78 is 6.26. The second-order valence-electron chi connectivity index (χ2n) is 9.21. The largest absolute Gasteiger partial charge is 0.481 e. The van der Waals surface area contributed by atoms with Crippen LogP contribution in [0.4, 0.5) is 14.7 Å². The van der Waals surface area contributed by atoms with Crippen molar-refractivity contribution >= 4 is 46.3 Å². The first kappa shape index (κ1) is 26.0. The highest BCUT2D eigenvalue weighted by atomic mass is 32.2. The number of anilines is 1. The molecule has 35 heavy (non-hydrogen) atoms. The fraction of sp³-hybridized carbons (Fsp3) is 0.739. The van der Waals surface area contributed by atoms with Crippen molar-refractivity contribution in [1.82, 2.24) is 19.7 Å². The topological polar surface area (TPSA) is 115 Å². The molecule has 2 N–H and O–H groups in total. The van der Waals surface area contributed by atoms with Gasteiger partial charge in [0, 0.05) is 44.0 Å². The molecule has 3 aliphatic rings. The number of nitrogens with zero attached hydrogens (tertiary/aromatic N) is 4. The zero-order chi connectivity index (χ0) is 24.6. The van der Waals surface area contributed by atoms with E-state index in [9.17, 15) is 14.4 Å². The number of piperidine rings is 1. The second kappa shape index (κ2) is 12.8. The van der Waals surface area contributed by atoms with Gasteiger partial charge in [0.25, 0.3) is 0 Å². The van der Waals surface area contributed by atoms with E-state index >= 15 is 0 Å². The molecule has 1 aliphatic carbocycles. The Morgan fingerprint density at radius 1 is 1.06 bits per heavy atom. The Morgan fingerprint density at radius 2 is 1.71 bits per heavy atom. The van der Waals surface area contributed by atoms with Gasteiger partial charge in [0.1, 0.15) is 0 Å². The number of rotatable bonds is 7. The van der Waals surface area contributed by atoms with Gasteiger partial charge in [0.2, 0.25) is 0 Å². The number of carboxylic acids is 1. The number of aromatic nitrogens is 1. The second-order valence-corrected chi connectivity index (χ2v) is 11.6. The average molecular weight is 526 g/mol. The number of carboxylic acid groups (broad SMARTS) is 1.